The Hall–Kier alpha value is -3.29. The van der Waals surface area contributed by atoms with E-state index in [4.69, 9.17) is 0 Å². The largest absolute Gasteiger partial charge is 0.352 e. The average Bonchev–Trinajstić information content (AvgIpc) is 2.82. The van der Waals surface area contributed by atoms with Gasteiger partial charge in [-0.3, -0.25) is 14.4 Å². The maximum absolute atomic E-state index is 13.6. The highest BCUT2D eigenvalue weighted by Crippen LogP contribution is 2.32. The molecule has 2 aromatic rings. The van der Waals surface area contributed by atoms with Gasteiger partial charge in [0.05, 0.1) is 0 Å². The van der Waals surface area contributed by atoms with Gasteiger partial charge in [-0.25, -0.2) is 9.37 Å². The molecule has 1 heterocycles. The molecule has 3 amide bonds. The van der Waals surface area contributed by atoms with Gasteiger partial charge >= 0.3 is 0 Å². The zero-order valence-electron chi connectivity index (χ0n) is 19.8. The Kier molecular flexibility index (Phi) is 9.13. The molecule has 1 aliphatic carbocycles. The number of carbonyl (C=O) groups is 3. The van der Waals surface area contributed by atoms with E-state index < -0.39 is 11.9 Å². The summed E-state index contributed by atoms with van der Waals surface area (Å²) in [6, 6.07) is 9.76. The molecule has 2 N–H and O–H groups in total. The lowest BCUT2D eigenvalue weighted by Crippen LogP contribution is -2.50. The highest BCUT2D eigenvalue weighted by Gasteiger charge is 2.37. The van der Waals surface area contributed by atoms with Gasteiger partial charge in [0, 0.05) is 31.1 Å². The summed E-state index contributed by atoms with van der Waals surface area (Å²) in [5, 5.41) is 5.60. The summed E-state index contributed by atoms with van der Waals surface area (Å²) in [6.07, 6.45) is 6.11. The Morgan fingerprint density at radius 1 is 1.03 bits per heavy atom. The first-order valence-corrected chi connectivity index (χ1v) is 11.9. The summed E-state index contributed by atoms with van der Waals surface area (Å²) in [4.78, 5) is 45.0. The van der Waals surface area contributed by atoms with Crippen LogP contribution in [-0.2, 0) is 14.4 Å². The van der Waals surface area contributed by atoms with E-state index in [0.29, 0.717) is 11.4 Å². The molecular formula is C26H33FN4O3. The van der Waals surface area contributed by atoms with Crippen molar-refractivity contribution in [2.45, 2.75) is 76.9 Å². The van der Waals surface area contributed by atoms with Crippen LogP contribution in [0.2, 0.25) is 0 Å². The number of carbonyl (C=O) groups excluding carboxylic acids is 3. The van der Waals surface area contributed by atoms with Crippen molar-refractivity contribution in [3.63, 3.8) is 0 Å². The van der Waals surface area contributed by atoms with E-state index in [1.807, 2.05) is 13.8 Å². The SMILES string of the molecule is CC(C)NC(=O)[C@H](c1ccc(F)cc1)N(C(=O)CCC(=O)Nc1ccccn1)C1CCCCC1. The lowest BCUT2D eigenvalue weighted by atomic mass is 9.91. The summed E-state index contributed by atoms with van der Waals surface area (Å²) in [5.74, 6) is -0.881. The third kappa shape index (κ3) is 7.10. The number of rotatable bonds is 9. The van der Waals surface area contributed by atoms with E-state index in [2.05, 4.69) is 15.6 Å². The standard InChI is InChI=1S/C26H33FN4O3/c1-18(2)29-26(34)25(19-11-13-20(27)14-12-19)31(21-8-4-3-5-9-21)24(33)16-15-23(32)30-22-10-6-7-17-28-22/h6-7,10-14,17-18,21,25H,3-5,8-9,15-16H2,1-2H3,(H,29,34)(H,28,30,32)/t25-/m0/s1. The quantitative estimate of drug-likeness (QED) is 0.572. The predicted octanol–water partition coefficient (Wildman–Crippen LogP) is 4.37. The lowest BCUT2D eigenvalue weighted by Gasteiger charge is -2.40. The molecule has 0 radical (unpaired) electrons. The van der Waals surface area contributed by atoms with E-state index in [0.717, 1.165) is 32.1 Å². The molecule has 3 rings (SSSR count). The zero-order chi connectivity index (χ0) is 24.5. The third-order valence-electron chi connectivity index (χ3n) is 5.90. The van der Waals surface area contributed by atoms with Crippen molar-refractivity contribution in [3.8, 4) is 0 Å². The Balaban J connectivity index is 1.83. The Bertz CT molecular complexity index is 960. The van der Waals surface area contributed by atoms with Gasteiger partial charge < -0.3 is 15.5 Å². The number of nitrogens with one attached hydrogen (secondary N) is 2. The van der Waals surface area contributed by atoms with Crippen molar-refractivity contribution >= 4 is 23.5 Å². The number of pyridine rings is 1. The van der Waals surface area contributed by atoms with Crippen LogP contribution in [0, 0.1) is 5.82 Å². The van der Waals surface area contributed by atoms with Gasteiger partial charge in [0.2, 0.25) is 17.7 Å². The molecular weight excluding hydrogens is 435 g/mol. The maximum Gasteiger partial charge on any atom is 0.247 e. The molecule has 0 saturated heterocycles. The summed E-state index contributed by atoms with van der Waals surface area (Å²) in [7, 11) is 0. The van der Waals surface area contributed by atoms with Crippen LogP contribution in [0.1, 0.15) is 70.4 Å². The van der Waals surface area contributed by atoms with Gasteiger partial charge in [0.15, 0.2) is 0 Å². The van der Waals surface area contributed by atoms with E-state index in [1.54, 1.807) is 41.4 Å². The van der Waals surface area contributed by atoms with Crippen molar-refractivity contribution in [2.75, 3.05) is 5.32 Å². The Labute approximate surface area is 200 Å². The molecule has 0 aliphatic heterocycles. The number of amides is 3. The van der Waals surface area contributed by atoms with Gasteiger partial charge in [-0.15, -0.1) is 0 Å². The Morgan fingerprint density at radius 3 is 2.35 bits per heavy atom. The number of aromatic nitrogens is 1. The van der Waals surface area contributed by atoms with Crippen LogP contribution in [0.4, 0.5) is 10.2 Å². The van der Waals surface area contributed by atoms with Crippen LogP contribution in [-0.4, -0.2) is 39.7 Å². The fourth-order valence-electron chi connectivity index (χ4n) is 4.36. The predicted molar refractivity (Wildman–Crippen MR) is 128 cm³/mol. The molecule has 1 atom stereocenters. The fourth-order valence-corrected chi connectivity index (χ4v) is 4.36. The first kappa shape index (κ1) is 25.3. The molecule has 8 heteroatoms. The van der Waals surface area contributed by atoms with E-state index in [9.17, 15) is 18.8 Å². The minimum absolute atomic E-state index is 0.0272. The number of benzene rings is 1. The second kappa shape index (κ2) is 12.3. The highest BCUT2D eigenvalue weighted by molar-refractivity contribution is 5.94. The number of nitrogens with zero attached hydrogens (tertiary/aromatic N) is 2. The van der Waals surface area contributed by atoms with Gasteiger partial charge in [0.1, 0.15) is 17.7 Å². The van der Waals surface area contributed by atoms with Crippen molar-refractivity contribution < 1.29 is 18.8 Å². The number of anilines is 1. The van der Waals surface area contributed by atoms with Gasteiger partial charge in [-0.1, -0.05) is 37.5 Å². The molecule has 1 fully saturated rings. The van der Waals surface area contributed by atoms with E-state index in [1.165, 1.54) is 12.1 Å². The molecule has 0 unspecified atom stereocenters. The van der Waals surface area contributed by atoms with Crippen molar-refractivity contribution in [1.29, 1.82) is 0 Å². The fraction of sp³-hybridized carbons (Fsp3) is 0.462. The minimum atomic E-state index is -0.891. The van der Waals surface area contributed by atoms with Crippen LogP contribution in [0.3, 0.4) is 0 Å². The number of hydrogen-bond donors (Lipinski definition) is 2. The van der Waals surface area contributed by atoms with Crippen LogP contribution < -0.4 is 10.6 Å². The molecule has 182 valence electrons. The zero-order valence-corrected chi connectivity index (χ0v) is 19.8. The lowest BCUT2D eigenvalue weighted by molar-refractivity contribution is -0.145. The second-order valence-electron chi connectivity index (χ2n) is 8.97. The van der Waals surface area contributed by atoms with Gasteiger partial charge in [-0.05, 0) is 56.5 Å². The molecule has 7 nitrogen and oxygen atoms in total. The van der Waals surface area contributed by atoms with Crippen LogP contribution in [0.25, 0.3) is 0 Å². The van der Waals surface area contributed by atoms with E-state index in [-0.39, 0.29) is 42.6 Å². The smallest absolute Gasteiger partial charge is 0.247 e. The summed E-state index contributed by atoms with van der Waals surface area (Å²) in [5.41, 5.74) is 0.552. The number of hydrogen-bond acceptors (Lipinski definition) is 4. The van der Waals surface area contributed by atoms with Crippen molar-refractivity contribution in [1.82, 2.24) is 15.2 Å². The highest BCUT2D eigenvalue weighted by atomic mass is 19.1. The van der Waals surface area contributed by atoms with E-state index >= 15 is 0 Å². The average molecular weight is 469 g/mol. The molecule has 34 heavy (non-hydrogen) atoms. The first-order chi connectivity index (χ1) is 16.3. The van der Waals surface area contributed by atoms with Crippen LogP contribution in [0.5, 0.6) is 0 Å². The normalized spacial score (nSPS) is 14.9. The molecule has 0 bridgehead atoms. The molecule has 0 spiro atoms. The van der Waals surface area contributed by atoms with Crippen LogP contribution in [0.15, 0.2) is 48.7 Å². The summed E-state index contributed by atoms with van der Waals surface area (Å²) < 4.78 is 13.6. The van der Waals surface area contributed by atoms with Crippen molar-refractivity contribution in [3.05, 3.63) is 60.0 Å². The molecule has 1 aromatic heterocycles. The number of halogens is 1. The maximum atomic E-state index is 13.6. The minimum Gasteiger partial charge on any atom is -0.352 e. The van der Waals surface area contributed by atoms with Gasteiger partial charge in [-0.2, -0.15) is 0 Å². The second-order valence-corrected chi connectivity index (χ2v) is 8.97. The van der Waals surface area contributed by atoms with Crippen molar-refractivity contribution in [2.24, 2.45) is 0 Å². The summed E-state index contributed by atoms with van der Waals surface area (Å²) >= 11 is 0. The first-order valence-electron chi connectivity index (χ1n) is 11.9. The third-order valence-corrected chi connectivity index (χ3v) is 5.90. The van der Waals surface area contributed by atoms with Gasteiger partial charge in [0.25, 0.3) is 0 Å². The Morgan fingerprint density at radius 2 is 1.74 bits per heavy atom. The summed E-state index contributed by atoms with van der Waals surface area (Å²) in [6.45, 7) is 3.71. The molecule has 1 aliphatic rings. The molecule has 1 aromatic carbocycles. The van der Waals surface area contributed by atoms with Crippen LogP contribution >= 0.6 is 0 Å². The topological polar surface area (TPSA) is 91.4 Å². The molecule has 1 saturated carbocycles. The monoisotopic (exact) mass is 468 g/mol.